The van der Waals surface area contributed by atoms with Crippen LogP contribution >= 0.6 is 11.6 Å². The Bertz CT molecular complexity index is 424. The molecule has 1 nitrogen and oxygen atoms in total. The van der Waals surface area contributed by atoms with E-state index in [4.69, 9.17) is 18.0 Å². The first-order valence-electron chi connectivity index (χ1n) is 4.09. The predicted octanol–water partition coefficient (Wildman–Crippen LogP) is 2.75. The van der Waals surface area contributed by atoms with Crippen LogP contribution < -0.4 is 0 Å². The van der Waals surface area contributed by atoms with Gasteiger partial charge in [0, 0.05) is 5.56 Å². The van der Waals surface area contributed by atoms with Gasteiger partial charge in [-0.2, -0.15) is 0 Å². The molecular formula is C12H9ClO. The second-order valence-corrected chi connectivity index (χ2v) is 3.17. The average molecular weight is 205 g/mol. The highest BCUT2D eigenvalue weighted by Crippen LogP contribution is 2.14. The number of terminal acetylenes is 1. The third-order valence-corrected chi connectivity index (χ3v) is 2.05. The van der Waals surface area contributed by atoms with Crippen molar-refractivity contribution in [2.75, 3.05) is 0 Å². The van der Waals surface area contributed by atoms with Gasteiger partial charge in [0.2, 0.25) is 5.24 Å². The first-order valence-corrected chi connectivity index (χ1v) is 4.46. The molecule has 0 aliphatic rings. The van der Waals surface area contributed by atoms with E-state index in [1.807, 2.05) is 25.1 Å². The number of allylic oxidation sites excluding steroid dienone is 1. The van der Waals surface area contributed by atoms with Gasteiger partial charge in [-0.3, -0.25) is 4.79 Å². The van der Waals surface area contributed by atoms with Crippen molar-refractivity contribution in [1.29, 1.82) is 0 Å². The molecule has 0 aliphatic carbocycles. The van der Waals surface area contributed by atoms with Gasteiger partial charge in [-0.15, -0.1) is 6.42 Å². The molecule has 0 saturated carbocycles. The van der Waals surface area contributed by atoms with Crippen LogP contribution in [0.4, 0.5) is 0 Å². The Labute approximate surface area is 88.4 Å². The van der Waals surface area contributed by atoms with Crippen molar-refractivity contribution in [1.82, 2.24) is 0 Å². The van der Waals surface area contributed by atoms with E-state index in [0.717, 1.165) is 16.7 Å². The van der Waals surface area contributed by atoms with E-state index in [9.17, 15) is 4.79 Å². The third-order valence-electron chi connectivity index (χ3n) is 1.93. The van der Waals surface area contributed by atoms with Crippen molar-refractivity contribution in [3.8, 4) is 12.3 Å². The number of benzene rings is 1. The highest BCUT2D eigenvalue weighted by atomic mass is 35.5. The van der Waals surface area contributed by atoms with Crippen molar-refractivity contribution in [2.24, 2.45) is 0 Å². The second-order valence-electron chi connectivity index (χ2n) is 2.80. The van der Waals surface area contributed by atoms with E-state index in [0.29, 0.717) is 0 Å². The zero-order valence-electron chi connectivity index (χ0n) is 7.75. The summed E-state index contributed by atoms with van der Waals surface area (Å²) in [6, 6.07) is 5.59. The van der Waals surface area contributed by atoms with Gasteiger partial charge in [0.25, 0.3) is 0 Å². The molecule has 2 heteroatoms. The number of hydrogen-bond acceptors (Lipinski definition) is 1. The Kier molecular flexibility index (Phi) is 3.50. The molecule has 1 rings (SSSR count). The Hall–Kier alpha value is -1.52. The summed E-state index contributed by atoms with van der Waals surface area (Å²) < 4.78 is 0. The fraction of sp³-hybridized carbons (Fsp3) is 0.0833. The van der Waals surface area contributed by atoms with Crippen molar-refractivity contribution in [3.05, 3.63) is 41.0 Å². The Morgan fingerprint density at radius 3 is 2.86 bits per heavy atom. The van der Waals surface area contributed by atoms with E-state index in [1.54, 1.807) is 6.08 Å². The van der Waals surface area contributed by atoms with Gasteiger partial charge in [0.1, 0.15) is 0 Å². The number of halogens is 1. The van der Waals surface area contributed by atoms with E-state index in [1.165, 1.54) is 6.08 Å². The first-order chi connectivity index (χ1) is 6.65. The molecule has 0 spiro atoms. The maximum Gasteiger partial charge on any atom is 0.245 e. The Morgan fingerprint density at radius 2 is 2.29 bits per heavy atom. The lowest BCUT2D eigenvalue weighted by Crippen LogP contribution is -1.86. The van der Waals surface area contributed by atoms with Crippen LogP contribution in [0.3, 0.4) is 0 Å². The lowest BCUT2D eigenvalue weighted by Gasteiger charge is -2.01. The smallest absolute Gasteiger partial charge is 0.245 e. The summed E-state index contributed by atoms with van der Waals surface area (Å²) in [7, 11) is 0. The molecule has 1 aromatic rings. The topological polar surface area (TPSA) is 17.1 Å². The summed E-state index contributed by atoms with van der Waals surface area (Å²) in [5, 5.41) is -0.490. The molecule has 0 radical (unpaired) electrons. The largest absolute Gasteiger partial charge is 0.276 e. The van der Waals surface area contributed by atoms with Crippen LogP contribution in [0.2, 0.25) is 0 Å². The monoisotopic (exact) mass is 204 g/mol. The fourth-order valence-corrected chi connectivity index (χ4v) is 1.21. The van der Waals surface area contributed by atoms with Crippen LogP contribution in [0.25, 0.3) is 6.08 Å². The number of carbonyl (C=O) groups is 1. The first kappa shape index (κ1) is 10.6. The molecule has 0 fully saturated rings. The molecule has 0 atom stereocenters. The van der Waals surface area contributed by atoms with Gasteiger partial charge in [-0.25, -0.2) is 0 Å². The fourth-order valence-electron chi connectivity index (χ4n) is 1.15. The summed E-state index contributed by atoms with van der Waals surface area (Å²) in [6.07, 6.45) is 8.28. The Balaban J connectivity index is 3.12. The lowest BCUT2D eigenvalue weighted by atomic mass is 10.0. The average Bonchev–Trinajstić information content (AvgIpc) is 2.16. The highest BCUT2D eigenvalue weighted by molar-refractivity contribution is 6.66. The quantitative estimate of drug-likeness (QED) is 0.411. The minimum absolute atomic E-state index is 0.490. The summed E-state index contributed by atoms with van der Waals surface area (Å²) in [6.45, 7) is 1.91. The van der Waals surface area contributed by atoms with Gasteiger partial charge in [0.15, 0.2) is 0 Å². The molecular weight excluding hydrogens is 196 g/mol. The number of carbonyl (C=O) groups excluding carboxylic acids is 1. The van der Waals surface area contributed by atoms with Gasteiger partial charge in [0.05, 0.1) is 0 Å². The predicted molar refractivity (Wildman–Crippen MR) is 59.0 cm³/mol. The normalized spacial score (nSPS) is 10.1. The van der Waals surface area contributed by atoms with Gasteiger partial charge >= 0.3 is 0 Å². The maximum absolute atomic E-state index is 10.5. The van der Waals surface area contributed by atoms with Crippen molar-refractivity contribution < 1.29 is 4.79 Å². The number of rotatable bonds is 2. The molecule has 0 unspecified atom stereocenters. The van der Waals surface area contributed by atoms with Gasteiger partial charge in [-0.05, 0) is 47.9 Å². The van der Waals surface area contributed by atoms with Crippen molar-refractivity contribution in [3.63, 3.8) is 0 Å². The van der Waals surface area contributed by atoms with Crippen LogP contribution in [0.5, 0.6) is 0 Å². The maximum atomic E-state index is 10.5. The molecule has 70 valence electrons. The molecule has 0 amide bonds. The molecule has 14 heavy (non-hydrogen) atoms. The van der Waals surface area contributed by atoms with Gasteiger partial charge < -0.3 is 0 Å². The van der Waals surface area contributed by atoms with Crippen LogP contribution in [-0.4, -0.2) is 5.24 Å². The zero-order chi connectivity index (χ0) is 10.6. The SMILES string of the molecule is C#Cc1cccc(/C=C/C(=O)Cl)c1C. The molecule has 0 aliphatic heterocycles. The van der Waals surface area contributed by atoms with E-state index < -0.39 is 5.24 Å². The van der Waals surface area contributed by atoms with E-state index in [-0.39, 0.29) is 0 Å². The van der Waals surface area contributed by atoms with E-state index in [2.05, 4.69) is 5.92 Å². The molecule has 0 aromatic heterocycles. The van der Waals surface area contributed by atoms with Crippen LogP contribution in [0.1, 0.15) is 16.7 Å². The highest BCUT2D eigenvalue weighted by Gasteiger charge is 1.98. The Morgan fingerprint density at radius 1 is 1.57 bits per heavy atom. The molecule has 0 heterocycles. The molecule has 0 saturated heterocycles. The third kappa shape index (κ3) is 2.48. The zero-order valence-corrected chi connectivity index (χ0v) is 8.51. The molecule has 0 N–H and O–H groups in total. The van der Waals surface area contributed by atoms with Crippen LogP contribution in [0.15, 0.2) is 24.3 Å². The minimum Gasteiger partial charge on any atom is -0.276 e. The van der Waals surface area contributed by atoms with Gasteiger partial charge in [-0.1, -0.05) is 18.1 Å². The summed E-state index contributed by atoms with van der Waals surface area (Å²) in [5.41, 5.74) is 2.72. The van der Waals surface area contributed by atoms with Crippen LogP contribution in [-0.2, 0) is 4.79 Å². The van der Waals surface area contributed by atoms with E-state index >= 15 is 0 Å². The summed E-state index contributed by atoms with van der Waals surface area (Å²) in [4.78, 5) is 10.5. The number of hydrogen-bond donors (Lipinski definition) is 0. The van der Waals surface area contributed by atoms with Crippen LogP contribution in [0, 0.1) is 19.3 Å². The van der Waals surface area contributed by atoms with Crippen molar-refractivity contribution >= 4 is 22.9 Å². The second kappa shape index (κ2) is 4.64. The summed E-state index contributed by atoms with van der Waals surface area (Å²) in [5.74, 6) is 2.57. The summed E-state index contributed by atoms with van der Waals surface area (Å²) >= 11 is 5.19. The van der Waals surface area contributed by atoms with Crippen molar-refractivity contribution in [2.45, 2.75) is 6.92 Å². The standard InChI is InChI=1S/C12H9ClO/c1-3-10-5-4-6-11(9(10)2)7-8-12(13)14/h1,4-8H,2H3/b8-7+. The molecule has 1 aromatic carbocycles. The minimum atomic E-state index is -0.490. The lowest BCUT2D eigenvalue weighted by molar-refractivity contribution is -0.107. The molecule has 0 bridgehead atoms.